The lowest BCUT2D eigenvalue weighted by Crippen LogP contribution is -2.22. The molecule has 0 radical (unpaired) electrons. The predicted octanol–water partition coefficient (Wildman–Crippen LogP) is 4.61. The van der Waals surface area contributed by atoms with Crippen LogP contribution in [-0.2, 0) is 5.41 Å². The molecule has 0 fully saturated rings. The molecule has 0 heterocycles. The van der Waals surface area contributed by atoms with Crippen LogP contribution in [0, 0.1) is 13.8 Å². The number of rotatable bonds is 4. The van der Waals surface area contributed by atoms with Gasteiger partial charge in [-0.25, -0.2) is 0 Å². The first-order valence-corrected chi connectivity index (χ1v) is 6.52. The molecule has 1 atom stereocenters. The monoisotopic (exact) mass is 254 g/mol. The lowest BCUT2D eigenvalue weighted by Gasteiger charge is -2.29. The smallest absolute Gasteiger partial charge is 0.125 e. The van der Waals surface area contributed by atoms with Crippen LogP contribution in [-0.4, -0.2) is 12.5 Å². The van der Waals surface area contributed by atoms with Gasteiger partial charge in [-0.3, -0.25) is 0 Å². The van der Waals surface area contributed by atoms with Gasteiger partial charge >= 0.3 is 0 Å². The Morgan fingerprint density at radius 1 is 1.29 bits per heavy atom. The maximum absolute atomic E-state index is 6.14. The second-order valence-electron chi connectivity index (χ2n) is 5.46. The fourth-order valence-electron chi connectivity index (χ4n) is 2.40. The zero-order valence-corrected chi connectivity index (χ0v) is 12.5. The zero-order valence-electron chi connectivity index (χ0n) is 11.7. The van der Waals surface area contributed by atoms with Gasteiger partial charge in [0.15, 0.2) is 0 Å². The van der Waals surface area contributed by atoms with E-state index in [1.807, 2.05) is 6.92 Å². The van der Waals surface area contributed by atoms with E-state index >= 15 is 0 Å². The van der Waals surface area contributed by atoms with Crippen molar-refractivity contribution < 1.29 is 4.74 Å². The minimum atomic E-state index is 0.0327. The van der Waals surface area contributed by atoms with Crippen LogP contribution in [0.2, 0.25) is 0 Å². The quantitative estimate of drug-likeness (QED) is 0.713. The summed E-state index contributed by atoms with van der Waals surface area (Å²) in [6.07, 6.45) is 0.938. The van der Waals surface area contributed by atoms with Crippen LogP contribution in [0.15, 0.2) is 12.1 Å². The fraction of sp³-hybridized carbons (Fsp3) is 0.600. The van der Waals surface area contributed by atoms with Crippen LogP contribution in [0.25, 0.3) is 0 Å². The number of benzene rings is 1. The Morgan fingerprint density at radius 2 is 1.88 bits per heavy atom. The summed E-state index contributed by atoms with van der Waals surface area (Å²) in [7, 11) is 1.74. The van der Waals surface area contributed by atoms with Crippen molar-refractivity contribution in [3.8, 4) is 5.75 Å². The highest BCUT2D eigenvalue weighted by Crippen LogP contribution is 2.38. The van der Waals surface area contributed by atoms with Gasteiger partial charge in [0.2, 0.25) is 0 Å². The standard InChI is InChI=1S/C15H23ClO/c1-10-7-8-13(14(17-6)12(10)3)15(4,5)9-11(2)16/h7-8,11H,9H2,1-6H3. The van der Waals surface area contributed by atoms with E-state index in [-0.39, 0.29) is 10.8 Å². The highest BCUT2D eigenvalue weighted by molar-refractivity contribution is 6.20. The van der Waals surface area contributed by atoms with Crippen molar-refractivity contribution >= 4 is 11.6 Å². The first-order valence-electron chi connectivity index (χ1n) is 6.08. The number of ether oxygens (including phenoxy) is 1. The molecular formula is C15H23ClO. The minimum Gasteiger partial charge on any atom is -0.496 e. The molecule has 1 nitrogen and oxygen atoms in total. The molecule has 0 saturated carbocycles. The van der Waals surface area contributed by atoms with E-state index in [9.17, 15) is 0 Å². The van der Waals surface area contributed by atoms with E-state index in [1.54, 1.807) is 7.11 Å². The van der Waals surface area contributed by atoms with Gasteiger partial charge in [0.25, 0.3) is 0 Å². The lowest BCUT2D eigenvalue weighted by molar-refractivity contribution is 0.382. The van der Waals surface area contributed by atoms with Gasteiger partial charge in [0.05, 0.1) is 7.11 Å². The van der Waals surface area contributed by atoms with E-state index in [2.05, 4.69) is 39.8 Å². The first-order chi connectivity index (χ1) is 7.79. The van der Waals surface area contributed by atoms with E-state index in [4.69, 9.17) is 16.3 Å². The van der Waals surface area contributed by atoms with Crippen LogP contribution in [0.4, 0.5) is 0 Å². The third kappa shape index (κ3) is 3.16. The molecule has 17 heavy (non-hydrogen) atoms. The lowest BCUT2D eigenvalue weighted by atomic mass is 9.79. The van der Waals surface area contributed by atoms with E-state index in [0.29, 0.717) is 0 Å². The highest BCUT2D eigenvalue weighted by Gasteiger charge is 2.27. The molecule has 1 aromatic rings. The van der Waals surface area contributed by atoms with Crippen LogP contribution < -0.4 is 4.74 Å². The Hall–Kier alpha value is -0.690. The molecular weight excluding hydrogens is 232 g/mol. The Labute approximate surface area is 110 Å². The predicted molar refractivity (Wildman–Crippen MR) is 75.4 cm³/mol. The number of hydrogen-bond donors (Lipinski definition) is 0. The summed E-state index contributed by atoms with van der Waals surface area (Å²) in [6.45, 7) is 10.7. The second kappa shape index (κ2) is 5.30. The average Bonchev–Trinajstić information content (AvgIpc) is 2.19. The second-order valence-corrected chi connectivity index (χ2v) is 6.20. The van der Waals surface area contributed by atoms with Crippen molar-refractivity contribution in [1.29, 1.82) is 0 Å². The number of methoxy groups -OCH3 is 1. The number of hydrogen-bond acceptors (Lipinski definition) is 1. The molecule has 0 aliphatic carbocycles. The van der Waals surface area contributed by atoms with Crippen molar-refractivity contribution in [1.82, 2.24) is 0 Å². The molecule has 96 valence electrons. The largest absolute Gasteiger partial charge is 0.496 e. The van der Waals surface area contributed by atoms with Gasteiger partial charge in [-0.1, -0.05) is 26.0 Å². The zero-order chi connectivity index (χ0) is 13.2. The molecule has 0 bridgehead atoms. The average molecular weight is 255 g/mol. The third-order valence-corrected chi connectivity index (χ3v) is 3.56. The molecule has 1 aromatic carbocycles. The Balaban J connectivity index is 3.26. The number of aryl methyl sites for hydroxylation is 1. The van der Waals surface area contributed by atoms with Crippen molar-refractivity contribution in [2.24, 2.45) is 0 Å². The summed E-state index contributed by atoms with van der Waals surface area (Å²) in [5, 5.41) is 0.163. The molecule has 0 aromatic heterocycles. The number of alkyl halides is 1. The summed E-state index contributed by atoms with van der Waals surface area (Å²) >= 11 is 6.14. The molecule has 1 unspecified atom stereocenters. The Kier molecular flexibility index (Phi) is 4.48. The van der Waals surface area contributed by atoms with Crippen LogP contribution in [0.1, 0.15) is 43.9 Å². The fourth-order valence-corrected chi connectivity index (χ4v) is 2.78. The summed E-state index contributed by atoms with van der Waals surface area (Å²) in [4.78, 5) is 0. The van der Waals surface area contributed by atoms with Crippen molar-refractivity contribution in [3.05, 3.63) is 28.8 Å². The van der Waals surface area contributed by atoms with Crippen molar-refractivity contribution in [2.75, 3.05) is 7.11 Å². The van der Waals surface area contributed by atoms with E-state index in [0.717, 1.165) is 12.2 Å². The molecule has 1 rings (SSSR count). The van der Waals surface area contributed by atoms with Gasteiger partial charge in [0.1, 0.15) is 5.75 Å². The Bertz CT molecular complexity index is 394. The summed E-state index contributed by atoms with van der Waals surface area (Å²) < 4.78 is 5.58. The summed E-state index contributed by atoms with van der Waals surface area (Å²) in [5.74, 6) is 1.01. The van der Waals surface area contributed by atoms with Crippen molar-refractivity contribution in [3.63, 3.8) is 0 Å². The molecule has 0 saturated heterocycles. The summed E-state index contributed by atoms with van der Waals surface area (Å²) in [5.41, 5.74) is 3.77. The number of halogens is 1. The minimum absolute atomic E-state index is 0.0327. The van der Waals surface area contributed by atoms with E-state index in [1.165, 1.54) is 16.7 Å². The molecule has 2 heteroatoms. The van der Waals surface area contributed by atoms with Gasteiger partial charge in [-0.15, -0.1) is 11.6 Å². The van der Waals surface area contributed by atoms with Crippen LogP contribution in [0.5, 0.6) is 5.75 Å². The van der Waals surface area contributed by atoms with Gasteiger partial charge in [0, 0.05) is 10.9 Å². The topological polar surface area (TPSA) is 9.23 Å². The van der Waals surface area contributed by atoms with Crippen LogP contribution >= 0.6 is 11.6 Å². The normalized spacial score (nSPS) is 13.6. The molecule has 0 aliphatic heterocycles. The van der Waals surface area contributed by atoms with Crippen molar-refractivity contribution in [2.45, 2.75) is 51.8 Å². The van der Waals surface area contributed by atoms with Gasteiger partial charge in [-0.2, -0.15) is 0 Å². The van der Waals surface area contributed by atoms with E-state index < -0.39 is 0 Å². The molecule has 0 N–H and O–H groups in total. The summed E-state index contributed by atoms with van der Waals surface area (Å²) in [6, 6.07) is 4.33. The molecule has 0 spiro atoms. The van der Waals surface area contributed by atoms with Gasteiger partial charge in [-0.05, 0) is 43.7 Å². The van der Waals surface area contributed by atoms with Crippen LogP contribution in [0.3, 0.4) is 0 Å². The SMILES string of the molecule is COc1c(C(C)(C)CC(C)Cl)ccc(C)c1C. The molecule has 0 amide bonds. The highest BCUT2D eigenvalue weighted by atomic mass is 35.5. The first kappa shape index (κ1) is 14.4. The Morgan fingerprint density at radius 3 is 2.35 bits per heavy atom. The maximum atomic E-state index is 6.14. The van der Waals surface area contributed by atoms with Gasteiger partial charge < -0.3 is 4.74 Å². The third-order valence-electron chi connectivity index (χ3n) is 3.40. The molecule has 0 aliphatic rings. The maximum Gasteiger partial charge on any atom is 0.125 e.